The van der Waals surface area contributed by atoms with Crippen molar-refractivity contribution in [2.24, 2.45) is 5.41 Å². The van der Waals surface area contributed by atoms with Gasteiger partial charge in [0.2, 0.25) is 0 Å². The summed E-state index contributed by atoms with van der Waals surface area (Å²) < 4.78 is 11.0. The molecule has 1 saturated heterocycles. The highest BCUT2D eigenvalue weighted by atomic mass is 16.5. The third-order valence-corrected chi connectivity index (χ3v) is 3.48. The van der Waals surface area contributed by atoms with Gasteiger partial charge in [-0.1, -0.05) is 6.42 Å². The Bertz CT molecular complexity index is 239. The number of carbonyl (C=O) groups excluding carboxylic acids is 1. The smallest absolute Gasteiger partial charge is 0.302 e. The van der Waals surface area contributed by atoms with Gasteiger partial charge in [0.15, 0.2) is 0 Å². The van der Waals surface area contributed by atoms with Crippen LogP contribution in [0.25, 0.3) is 0 Å². The van der Waals surface area contributed by atoms with E-state index in [1.54, 1.807) is 0 Å². The molecule has 2 fully saturated rings. The standard InChI is InChI=1S/C11H18O3/c1-8-6-11(7-13-9(2)12)5-3-4-10(11)14-8/h8,10H,3-7H2,1-2H3/t8?,10-,11-/m1/s1. The maximum atomic E-state index is 10.8. The molecule has 3 atom stereocenters. The lowest BCUT2D eigenvalue weighted by Gasteiger charge is -2.26. The molecule has 2 rings (SSSR count). The van der Waals surface area contributed by atoms with Gasteiger partial charge in [0.05, 0.1) is 18.8 Å². The van der Waals surface area contributed by atoms with Gasteiger partial charge in [0, 0.05) is 12.3 Å². The summed E-state index contributed by atoms with van der Waals surface area (Å²) in [5, 5.41) is 0. The fraction of sp³-hybridized carbons (Fsp3) is 0.909. The van der Waals surface area contributed by atoms with Gasteiger partial charge < -0.3 is 9.47 Å². The number of fused-ring (bicyclic) bond motifs is 1. The summed E-state index contributed by atoms with van der Waals surface area (Å²) in [6, 6.07) is 0. The predicted octanol–water partition coefficient (Wildman–Crippen LogP) is 1.90. The highest BCUT2D eigenvalue weighted by Crippen LogP contribution is 2.49. The van der Waals surface area contributed by atoms with Crippen LogP contribution in [-0.2, 0) is 14.3 Å². The molecule has 0 aromatic heterocycles. The van der Waals surface area contributed by atoms with Crippen molar-refractivity contribution >= 4 is 5.97 Å². The first-order valence-corrected chi connectivity index (χ1v) is 5.41. The van der Waals surface area contributed by atoms with E-state index in [1.165, 1.54) is 13.3 Å². The summed E-state index contributed by atoms with van der Waals surface area (Å²) in [4.78, 5) is 10.8. The Morgan fingerprint density at radius 2 is 2.43 bits per heavy atom. The van der Waals surface area contributed by atoms with E-state index in [0.717, 1.165) is 19.3 Å². The molecule has 0 bridgehead atoms. The van der Waals surface area contributed by atoms with E-state index in [0.29, 0.717) is 18.8 Å². The first-order valence-electron chi connectivity index (χ1n) is 5.41. The molecule has 0 aromatic carbocycles. The SMILES string of the molecule is CC(=O)OC[C@]12CCC[C@H]1OC(C)C2. The van der Waals surface area contributed by atoms with Gasteiger partial charge in [-0.05, 0) is 26.2 Å². The molecule has 0 amide bonds. The molecule has 0 aromatic rings. The van der Waals surface area contributed by atoms with E-state index in [-0.39, 0.29) is 11.4 Å². The molecule has 1 aliphatic heterocycles. The Hall–Kier alpha value is -0.570. The van der Waals surface area contributed by atoms with Crippen LogP contribution < -0.4 is 0 Å². The van der Waals surface area contributed by atoms with Crippen molar-refractivity contribution in [2.45, 2.75) is 51.7 Å². The van der Waals surface area contributed by atoms with Crippen molar-refractivity contribution in [3.8, 4) is 0 Å². The zero-order valence-corrected chi connectivity index (χ0v) is 8.91. The van der Waals surface area contributed by atoms with E-state index in [9.17, 15) is 4.79 Å². The van der Waals surface area contributed by atoms with Gasteiger partial charge in [-0.15, -0.1) is 0 Å². The van der Waals surface area contributed by atoms with E-state index < -0.39 is 0 Å². The normalized spacial score (nSPS) is 41.0. The molecule has 1 unspecified atom stereocenters. The van der Waals surface area contributed by atoms with Gasteiger partial charge >= 0.3 is 5.97 Å². The van der Waals surface area contributed by atoms with Crippen molar-refractivity contribution in [3.05, 3.63) is 0 Å². The Balaban J connectivity index is 2.01. The Labute approximate surface area is 84.8 Å². The van der Waals surface area contributed by atoms with Crippen LogP contribution in [0.1, 0.15) is 39.5 Å². The summed E-state index contributed by atoms with van der Waals surface area (Å²) in [6.07, 6.45) is 5.19. The summed E-state index contributed by atoms with van der Waals surface area (Å²) >= 11 is 0. The average molecular weight is 198 g/mol. The maximum Gasteiger partial charge on any atom is 0.302 e. The number of esters is 1. The minimum atomic E-state index is -0.176. The molecule has 80 valence electrons. The van der Waals surface area contributed by atoms with Crippen LogP contribution in [0.4, 0.5) is 0 Å². The molecule has 2 aliphatic rings. The molecule has 3 heteroatoms. The Morgan fingerprint density at radius 3 is 3.14 bits per heavy atom. The molecule has 0 spiro atoms. The summed E-state index contributed by atoms with van der Waals surface area (Å²) in [5.74, 6) is -0.176. The lowest BCUT2D eigenvalue weighted by Crippen LogP contribution is -2.31. The topological polar surface area (TPSA) is 35.5 Å². The van der Waals surface area contributed by atoms with Crippen molar-refractivity contribution in [1.82, 2.24) is 0 Å². The molecular weight excluding hydrogens is 180 g/mol. The number of carbonyl (C=O) groups is 1. The minimum Gasteiger partial charge on any atom is -0.465 e. The molecule has 1 heterocycles. The number of hydrogen-bond donors (Lipinski definition) is 0. The molecule has 1 saturated carbocycles. The highest BCUT2D eigenvalue weighted by molar-refractivity contribution is 5.65. The van der Waals surface area contributed by atoms with Crippen LogP contribution in [0.5, 0.6) is 0 Å². The summed E-state index contributed by atoms with van der Waals surface area (Å²) in [6.45, 7) is 4.13. The minimum absolute atomic E-state index is 0.144. The Morgan fingerprint density at radius 1 is 1.64 bits per heavy atom. The highest BCUT2D eigenvalue weighted by Gasteiger charge is 2.50. The number of rotatable bonds is 2. The van der Waals surface area contributed by atoms with Crippen LogP contribution in [0.3, 0.4) is 0 Å². The third kappa shape index (κ3) is 1.65. The molecule has 14 heavy (non-hydrogen) atoms. The van der Waals surface area contributed by atoms with Crippen molar-refractivity contribution in [3.63, 3.8) is 0 Å². The first-order chi connectivity index (χ1) is 6.62. The van der Waals surface area contributed by atoms with Crippen LogP contribution in [0.2, 0.25) is 0 Å². The monoisotopic (exact) mass is 198 g/mol. The fourth-order valence-electron chi connectivity index (χ4n) is 2.92. The van der Waals surface area contributed by atoms with Crippen molar-refractivity contribution < 1.29 is 14.3 Å². The van der Waals surface area contributed by atoms with E-state index in [2.05, 4.69) is 6.92 Å². The van der Waals surface area contributed by atoms with Crippen LogP contribution in [-0.4, -0.2) is 24.8 Å². The fourth-order valence-corrected chi connectivity index (χ4v) is 2.92. The van der Waals surface area contributed by atoms with E-state index >= 15 is 0 Å². The zero-order valence-electron chi connectivity index (χ0n) is 8.91. The van der Waals surface area contributed by atoms with Crippen molar-refractivity contribution in [2.75, 3.05) is 6.61 Å². The van der Waals surface area contributed by atoms with Crippen LogP contribution in [0.15, 0.2) is 0 Å². The van der Waals surface area contributed by atoms with Gasteiger partial charge in [-0.3, -0.25) is 4.79 Å². The zero-order chi connectivity index (χ0) is 10.2. The van der Waals surface area contributed by atoms with Crippen molar-refractivity contribution in [1.29, 1.82) is 0 Å². The van der Waals surface area contributed by atoms with Gasteiger partial charge in [0.25, 0.3) is 0 Å². The number of ether oxygens (including phenoxy) is 2. The lowest BCUT2D eigenvalue weighted by molar-refractivity contribution is -0.145. The molecular formula is C11H18O3. The predicted molar refractivity (Wildman–Crippen MR) is 51.9 cm³/mol. The number of hydrogen-bond acceptors (Lipinski definition) is 3. The third-order valence-electron chi connectivity index (χ3n) is 3.48. The molecule has 0 N–H and O–H groups in total. The second-order valence-electron chi connectivity index (χ2n) is 4.67. The van der Waals surface area contributed by atoms with Gasteiger partial charge in [-0.2, -0.15) is 0 Å². The quantitative estimate of drug-likeness (QED) is 0.636. The second kappa shape index (κ2) is 3.54. The molecule has 1 aliphatic carbocycles. The average Bonchev–Trinajstić information content (AvgIpc) is 2.56. The summed E-state index contributed by atoms with van der Waals surface area (Å²) in [5.41, 5.74) is 0.144. The van der Waals surface area contributed by atoms with E-state index in [4.69, 9.17) is 9.47 Å². The lowest BCUT2D eigenvalue weighted by atomic mass is 9.82. The van der Waals surface area contributed by atoms with E-state index in [1.807, 2.05) is 0 Å². The first kappa shape index (κ1) is 9.97. The van der Waals surface area contributed by atoms with Crippen LogP contribution in [0, 0.1) is 5.41 Å². The second-order valence-corrected chi connectivity index (χ2v) is 4.67. The largest absolute Gasteiger partial charge is 0.465 e. The molecule has 0 radical (unpaired) electrons. The van der Waals surface area contributed by atoms with Gasteiger partial charge in [-0.25, -0.2) is 0 Å². The molecule has 3 nitrogen and oxygen atoms in total. The van der Waals surface area contributed by atoms with Gasteiger partial charge in [0.1, 0.15) is 0 Å². The maximum absolute atomic E-state index is 10.8. The summed E-state index contributed by atoms with van der Waals surface area (Å²) in [7, 11) is 0. The Kier molecular flexibility index (Phi) is 2.52. The van der Waals surface area contributed by atoms with Crippen LogP contribution >= 0.6 is 0 Å².